The van der Waals surface area contributed by atoms with Crippen molar-refractivity contribution in [2.75, 3.05) is 12.3 Å². The van der Waals surface area contributed by atoms with Crippen molar-refractivity contribution in [3.63, 3.8) is 0 Å². The molecule has 0 aromatic heterocycles. The average Bonchev–Trinajstić information content (AvgIpc) is 2.79. The lowest BCUT2D eigenvalue weighted by Crippen LogP contribution is -2.13. The van der Waals surface area contributed by atoms with Crippen molar-refractivity contribution in [1.82, 2.24) is 0 Å². The van der Waals surface area contributed by atoms with Crippen molar-refractivity contribution in [3.05, 3.63) is 54.1 Å². The molecule has 92 valence electrons. The molecular formula is C15H15NOS. The largest absolute Gasteiger partial charge is 0.492 e. The number of nitrogen functional groups attached to an aromatic ring is 1. The Morgan fingerprint density at radius 2 is 2.06 bits per heavy atom. The molecule has 2 aromatic carbocycles. The smallest absolute Gasteiger partial charge is 0.121 e. The van der Waals surface area contributed by atoms with Gasteiger partial charge >= 0.3 is 0 Å². The molecule has 2 aromatic rings. The van der Waals surface area contributed by atoms with Crippen LogP contribution >= 0.6 is 11.8 Å². The van der Waals surface area contributed by atoms with Gasteiger partial charge in [-0.25, -0.2) is 0 Å². The molecule has 0 aliphatic carbocycles. The molecular weight excluding hydrogens is 242 g/mol. The van der Waals surface area contributed by atoms with E-state index in [0.717, 1.165) is 24.5 Å². The molecule has 1 atom stereocenters. The zero-order valence-electron chi connectivity index (χ0n) is 10.0. The van der Waals surface area contributed by atoms with Gasteiger partial charge in [-0.15, -0.1) is 11.8 Å². The second kappa shape index (κ2) is 4.94. The minimum atomic E-state index is 0.504. The third kappa shape index (κ3) is 2.46. The van der Waals surface area contributed by atoms with Gasteiger partial charge in [-0.3, -0.25) is 0 Å². The summed E-state index contributed by atoms with van der Waals surface area (Å²) in [5.74, 6) is 0.853. The van der Waals surface area contributed by atoms with Crippen molar-refractivity contribution >= 4 is 17.4 Å². The van der Waals surface area contributed by atoms with Gasteiger partial charge in [0, 0.05) is 21.9 Å². The van der Waals surface area contributed by atoms with Crippen LogP contribution < -0.4 is 10.5 Å². The van der Waals surface area contributed by atoms with E-state index >= 15 is 0 Å². The molecule has 1 unspecified atom stereocenters. The molecule has 18 heavy (non-hydrogen) atoms. The van der Waals surface area contributed by atoms with E-state index in [0.29, 0.717) is 5.25 Å². The van der Waals surface area contributed by atoms with Crippen molar-refractivity contribution in [2.45, 2.75) is 16.6 Å². The van der Waals surface area contributed by atoms with E-state index in [4.69, 9.17) is 10.5 Å². The van der Waals surface area contributed by atoms with E-state index in [9.17, 15) is 0 Å². The normalized spacial score (nSPS) is 17.4. The number of rotatable bonds is 3. The predicted molar refractivity (Wildman–Crippen MR) is 76.1 cm³/mol. The Morgan fingerprint density at radius 3 is 2.89 bits per heavy atom. The summed E-state index contributed by atoms with van der Waals surface area (Å²) in [6.45, 7) is 0.725. The fourth-order valence-electron chi connectivity index (χ4n) is 2.14. The van der Waals surface area contributed by atoms with E-state index < -0.39 is 0 Å². The highest BCUT2D eigenvalue weighted by atomic mass is 32.2. The molecule has 0 saturated heterocycles. The van der Waals surface area contributed by atoms with Crippen molar-refractivity contribution in [1.29, 1.82) is 0 Å². The van der Waals surface area contributed by atoms with Crippen LogP contribution in [-0.4, -0.2) is 11.9 Å². The molecule has 0 bridgehead atoms. The maximum Gasteiger partial charge on any atom is 0.121 e. The first-order valence-corrected chi connectivity index (χ1v) is 6.92. The standard InChI is InChI=1S/C15H15NOS/c16-12-5-3-6-13(9-12)17-10-14-8-11-4-1-2-7-15(11)18-14/h1-7,9,14H,8,10,16H2. The molecule has 0 radical (unpaired) electrons. The van der Waals surface area contributed by atoms with Gasteiger partial charge in [0.15, 0.2) is 0 Å². The number of anilines is 1. The lowest BCUT2D eigenvalue weighted by molar-refractivity contribution is 0.318. The van der Waals surface area contributed by atoms with Crippen molar-refractivity contribution < 1.29 is 4.74 Å². The quantitative estimate of drug-likeness (QED) is 0.856. The Kier molecular flexibility index (Phi) is 3.15. The molecule has 0 spiro atoms. The summed E-state index contributed by atoms with van der Waals surface area (Å²) >= 11 is 1.90. The lowest BCUT2D eigenvalue weighted by Gasteiger charge is -2.11. The van der Waals surface area contributed by atoms with Gasteiger partial charge in [-0.05, 0) is 30.2 Å². The molecule has 0 amide bonds. The average molecular weight is 257 g/mol. The fourth-order valence-corrected chi connectivity index (χ4v) is 3.36. The summed E-state index contributed by atoms with van der Waals surface area (Å²) in [7, 11) is 0. The Morgan fingerprint density at radius 1 is 1.17 bits per heavy atom. The Hall–Kier alpha value is -1.61. The van der Waals surface area contributed by atoms with Gasteiger partial charge in [0.2, 0.25) is 0 Å². The lowest BCUT2D eigenvalue weighted by atomic mass is 10.1. The summed E-state index contributed by atoms with van der Waals surface area (Å²) in [4.78, 5) is 1.39. The Labute approximate surface area is 111 Å². The molecule has 3 heteroatoms. The van der Waals surface area contributed by atoms with Crippen LogP contribution in [0.1, 0.15) is 5.56 Å². The molecule has 3 rings (SSSR count). The van der Waals surface area contributed by atoms with E-state index in [2.05, 4.69) is 24.3 Å². The van der Waals surface area contributed by atoms with E-state index in [1.165, 1.54) is 10.5 Å². The number of hydrogen-bond acceptors (Lipinski definition) is 3. The highest BCUT2D eigenvalue weighted by Gasteiger charge is 2.22. The summed E-state index contributed by atoms with van der Waals surface area (Å²) < 4.78 is 5.80. The van der Waals surface area contributed by atoms with Crippen LogP contribution in [-0.2, 0) is 6.42 Å². The maximum atomic E-state index is 5.80. The van der Waals surface area contributed by atoms with E-state index in [-0.39, 0.29) is 0 Å². The van der Waals surface area contributed by atoms with Gasteiger partial charge in [0.25, 0.3) is 0 Å². The highest BCUT2D eigenvalue weighted by molar-refractivity contribution is 8.00. The third-order valence-corrected chi connectivity index (χ3v) is 4.30. The minimum Gasteiger partial charge on any atom is -0.492 e. The molecule has 0 fully saturated rings. The van der Waals surface area contributed by atoms with Crippen LogP contribution in [0.4, 0.5) is 5.69 Å². The van der Waals surface area contributed by atoms with E-state index in [1.807, 2.05) is 36.0 Å². The molecule has 1 aliphatic rings. The van der Waals surface area contributed by atoms with Gasteiger partial charge in [-0.1, -0.05) is 24.3 Å². The Bertz CT molecular complexity index is 531. The van der Waals surface area contributed by atoms with Gasteiger partial charge in [-0.2, -0.15) is 0 Å². The SMILES string of the molecule is Nc1cccc(OCC2Cc3ccccc3S2)c1. The number of nitrogens with two attached hydrogens (primary N) is 1. The summed E-state index contributed by atoms with van der Waals surface area (Å²) in [5.41, 5.74) is 7.91. The molecule has 2 N–H and O–H groups in total. The van der Waals surface area contributed by atoms with Crippen LogP contribution in [0.3, 0.4) is 0 Å². The topological polar surface area (TPSA) is 35.2 Å². The first-order valence-electron chi connectivity index (χ1n) is 6.04. The second-order valence-electron chi connectivity index (χ2n) is 4.44. The van der Waals surface area contributed by atoms with Gasteiger partial charge < -0.3 is 10.5 Å². The Balaban J connectivity index is 1.60. The maximum absolute atomic E-state index is 5.80. The summed E-state index contributed by atoms with van der Waals surface area (Å²) in [6.07, 6.45) is 1.09. The van der Waals surface area contributed by atoms with Gasteiger partial charge in [0.1, 0.15) is 12.4 Å². The third-order valence-electron chi connectivity index (χ3n) is 3.01. The molecule has 0 saturated carbocycles. The summed E-state index contributed by atoms with van der Waals surface area (Å²) in [5, 5.41) is 0.504. The number of benzene rings is 2. The van der Waals surface area contributed by atoms with Gasteiger partial charge in [0.05, 0.1) is 0 Å². The highest BCUT2D eigenvalue weighted by Crippen LogP contribution is 2.36. The molecule has 2 nitrogen and oxygen atoms in total. The first-order chi connectivity index (χ1) is 8.81. The second-order valence-corrected chi connectivity index (χ2v) is 5.78. The summed E-state index contributed by atoms with van der Waals surface area (Å²) in [6, 6.07) is 16.2. The number of fused-ring (bicyclic) bond motifs is 1. The van der Waals surface area contributed by atoms with Crippen LogP contribution in [0.25, 0.3) is 0 Å². The molecule has 1 heterocycles. The van der Waals surface area contributed by atoms with Crippen LogP contribution in [0.15, 0.2) is 53.4 Å². The number of thioether (sulfide) groups is 1. The number of ether oxygens (including phenoxy) is 1. The van der Waals surface area contributed by atoms with Crippen LogP contribution in [0.5, 0.6) is 5.75 Å². The molecule has 1 aliphatic heterocycles. The van der Waals surface area contributed by atoms with Crippen molar-refractivity contribution in [3.8, 4) is 5.75 Å². The zero-order valence-corrected chi connectivity index (χ0v) is 10.8. The van der Waals surface area contributed by atoms with Crippen LogP contribution in [0.2, 0.25) is 0 Å². The van der Waals surface area contributed by atoms with Crippen molar-refractivity contribution in [2.24, 2.45) is 0 Å². The number of hydrogen-bond donors (Lipinski definition) is 1. The monoisotopic (exact) mass is 257 g/mol. The fraction of sp³-hybridized carbons (Fsp3) is 0.200. The first kappa shape index (κ1) is 11.5. The predicted octanol–water partition coefficient (Wildman–Crippen LogP) is 3.36. The van der Waals surface area contributed by atoms with E-state index in [1.54, 1.807) is 0 Å². The zero-order chi connectivity index (χ0) is 12.4. The minimum absolute atomic E-state index is 0.504. The van der Waals surface area contributed by atoms with Crippen LogP contribution in [0, 0.1) is 0 Å².